The van der Waals surface area contributed by atoms with Crippen LogP contribution >= 0.6 is 22.9 Å². The monoisotopic (exact) mass is 512 g/mol. The van der Waals surface area contributed by atoms with E-state index in [9.17, 15) is 27.6 Å². The molecule has 3 rings (SSSR count). The molecule has 0 bridgehead atoms. The summed E-state index contributed by atoms with van der Waals surface area (Å²) >= 11 is 7.29. The Morgan fingerprint density at radius 2 is 1.82 bits per heavy atom. The summed E-state index contributed by atoms with van der Waals surface area (Å²) in [7, 11) is 0. The van der Waals surface area contributed by atoms with Crippen LogP contribution in [0.15, 0.2) is 30.5 Å². The van der Waals surface area contributed by atoms with Crippen LogP contribution in [0.4, 0.5) is 24.0 Å². The third kappa shape index (κ3) is 5.88. The van der Waals surface area contributed by atoms with Gasteiger partial charge in [-0.3, -0.25) is 9.59 Å². The van der Waals surface area contributed by atoms with E-state index in [4.69, 9.17) is 11.6 Å². The number of aromatic nitrogens is 2. The molecular weight excluding hydrogens is 497 g/mol. The summed E-state index contributed by atoms with van der Waals surface area (Å²) in [5, 5.41) is 5.35. The number of ether oxygens (including phenoxy) is 1. The number of carbonyl (C=O) groups excluding carboxylic acids is 3. The predicted molar refractivity (Wildman–Crippen MR) is 120 cm³/mol. The smallest absolute Gasteiger partial charge is 0.419 e. The van der Waals surface area contributed by atoms with Gasteiger partial charge in [-0.2, -0.15) is 13.2 Å². The Labute approximate surface area is 200 Å². The van der Waals surface area contributed by atoms with Gasteiger partial charge in [0.2, 0.25) is 5.91 Å². The maximum absolute atomic E-state index is 12.8. The minimum Gasteiger partial charge on any atom is -0.419 e. The zero-order valence-electron chi connectivity index (χ0n) is 17.8. The van der Waals surface area contributed by atoms with Crippen molar-refractivity contribution in [3.8, 4) is 16.2 Å². The van der Waals surface area contributed by atoms with Gasteiger partial charge in [0.1, 0.15) is 5.75 Å². The summed E-state index contributed by atoms with van der Waals surface area (Å²) in [5.41, 5.74) is 1.34. The van der Waals surface area contributed by atoms with Crippen LogP contribution < -0.4 is 15.4 Å². The number of alkyl halides is 3. The molecule has 0 spiro atoms. The van der Waals surface area contributed by atoms with Crippen molar-refractivity contribution in [1.82, 2.24) is 9.97 Å². The second-order valence-corrected chi connectivity index (χ2v) is 8.38. The lowest BCUT2D eigenvalue weighted by Crippen LogP contribution is -2.29. The van der Waals surface area contributed by atoms with E-state index in [1.807, 2.05) is 0 Å². The summed E-state index contributed by atoms with van der Waals surface area (Å²) in [6.45, 7) is 4.63. The number of aryl methyl sites for hydroxylation is 2. The second kappa shape index (κ2) is 9.77. The molecule has 0 fully saturated rings. The van der Waals surface area contributed by atoms with E-state index < -0.39 is 23.8 Å². The summed E-state index contributed by atoms with van der Waals surface area (Å²) in [6.07, 6.45) is -3.79. The maximum atomic E-state index is 12.8. The van der Waals surface area contributed by atoms with E-state index in [1.54, 1.807) is 13.8 Å². The standard InChI is InChI=1S/C21H16ClF3N4O4S/c1-9-4-5-13(15(6-9)33-19(32)21(23,24)25)18(31)29-14-7-12(8-26-17(14)22)16-10(2)27-20(34-16)28-11(3)30/h4-8H,1-3H3,(H,29,31)(H,27,28,30). The average molecular weight is 513 g/mol. The first-order valence-electron chi connectivity index (χ1n) is 9.47. The van der Waals surface area contributed by atoms with Crippen LogP contribution in [0.5, 0.6) is 5.75 Å². The molecule has 0 unspecified atom stereocenters. The van der Waals surface area contributed by atoms with Gasteiger partial charge < -0.3 is 15.4 Å². The van der Waals surface area contributed by atoms with Crippen molar-refractivity contribution < 1.29 is 32.3 Å². The SMILES string of the molecule is CC(=O)Nc1nc(C)c(-c2cnc(Cl)c(NC(=O)c3ccc(C)cc3OC(=O)C(F)(F)F)c2)s1. The van der Waals surface area contributed by atoms with Gasteiger partial charge in [0.05, 0.1) is 21.8 Å². The van der Waals surface area contributed by atoms with E-state index in [2.05, 4.69) is 25.3 Å². The normalized spacial score (nSPS) is 11.1. The lowest BCUT2D eigenvalue weighted by molar-refractivity contribution is -0.189. The van der Waals surface area contributed by atoms with Crippen molar-refractivity contribution in [2.45, 2.75) is 26.9 Å². The Morgan fingerprint density at radius 1 is 1.12 bits per heavy atom. The lowest BCUT2D eigenvalue weighted by atomic mass is 10.1. The fourth-order valence-electron chi connectivity index (χ4n) is 2.78. The van der Waals surface area contributed by atoms with E-state index >= 15 is 0 Å². The highest BCUT2D eigenvalue weighted by atomic mass is 35.5. The minimum absolute atomic E-state index is 0.0618. The van der Waals surface area contributed by atoms with Crippen LogP contribution in [-0.2, 0) is 9.59 Å². The molecule has 2 heterocycles. The van der Waals surface area contributed by atoms with Crippen LogP contribution in [0.2, 0.25) is 5.15 Å². The van der Waals surface area contributed by atoms with Gasteiger partial charge in [0.15, 0.2) is 10.3 Å². The Hall–Kier alpha value is -3.51. The molecule has 2 amide bonds. The van der Waals surface area contributed by atoms with Gasteiger partial charge in [0, 0.05) is 18.7 Å². The molecule has 8 nitrogen and oxygen atoms in total. The third-order valence-electron chi connectivity index (χ3n) is 4.24. The van der Waals surface area contributed by atoms with Gasteiger partial charge >= 0.3 is 12.1 Å². The topological polar surface area (TPSA) is 110 Å². The van der Waals surface area contributed by atoms with Crippen LogP contribution in [0.3, 0.4) is 0 Å². The Morgan fingerprint density at radius 3 is 2.47 bits per heavy atom. The number of nitrogens with zero attached hydrogens (tertiary/aromatic N) is 2. The number of nitrogens with one attached hydrogen (secondary N) is 2. The van der Waals surface area contributed by atoms with Crippen LogP contribution in [-0.4, -0.2) is 33.9 Å². The molecule has 0 saturated heterocycles. The molecule has 2 N–H and O–H groups in total. The van der Waals surface area contributed by atoms with Crippen molar-refractivity contribution in [2.24, 2.45) is 0 Å². The van der Waals surface area contributed by atoms with E-state index in [0.29, 0.717) is 26.8 Å². The molecule has 3 aromatic rings. The highest BCUT2D eigenvalue weighted by Crippen LogP contribution is 2.35. The minimum atomic E-state index is -5.23. The van der Waals surface area contributed by atoms with Crippen LogP contribution in [0.1, 0.15) is 28.5 Å². The molecule has 0 atom stereocenters. The van der Waals surface area contributed by atoms with Crippen molar-refractivity contribution in [3.05, 3.63) is 52.4 Å². The quantitative estimate of drug-likeness (QED) is 0.278. The fraction of sp³-hybridized carbons (Fsp3) is 0.190. The number of rotatable bonds is 5. The van der Waals surface area contributed by atoms with E-state index in [1.165, 1.54) is 42.7 Å². The summed E-state index contributed by atoms with van der Waals surface area (Å²) in [4.78, 5) is 44.4. The molecular formula is C21H16ClF3N4O4S. The molecule has 0 radical (unpaired) electrons. The Balaban J connectivity index is 1.91. The van der Waals surface area contributed by atoms with Gasteiger partial charge in [0.25, 0.3) is 5.91 Å². The molecule has 13 heteroatoms. The predicted octanol–water partition coefficient (Wildman–Crippen LogP) is 5.15. The van der Waals surface area contributed by atoms with Crippen molar-refractivity contribution >= 4 is 51.5 Å². The molecule has 0 aliphatic rings. The number of thiazole rings is 1. The van der Waals surface area contributed by atoms with Gasteiger partial charge in [-0.1, -0.05) is 29.0 Å². The molecule has 0 aliphatic carbocycles. The Kier molecular flexibility index (Phi) is 7.22. The summed E-state index contributed by atoms with van der Waals surface area (Å²) < 4.78 is 42.4. The number of benzene rings is 1. The van der Waals surface area contributed by atoms with Crippen molar-refractivity contribution in [2.75, 3.05) is 10.6 Å². The first kappa shape index (κ1) is 25.1. The zero-order valence-corrected chi connectivity index (χ0v) is 19.4. The van der Waals surface area contributed by atoms with Crippen molar-refractivity contribution in [3.63, 3.8) is 0 Å². The number of carbonyl (C=O) groups is 3. The average Bonchev–Trinajstić information content (AvgIpc) is 3.08. The van der Waals surface area contributed by atoms with Gasteiger partial charge in [-0.25, -0.2) is 14.8 Å². The molecule has 1 aromatic carbocycles. The largest absolute Gasteiger partial charge is 0.491 e. The number of amides is 2. The van der Waals surface area contributed by atoms with Gasteiger partial charge in [-0.05, 0) is 37.6 Å². The lowest BCUT2D eigenvalue weighted by Gasteiger charge is -2.13. The maximum Gasteiger partial charge on any atom is 0.491 e. The molecule has 34 heavy (non-hydrogen) atoms. The number of halogens is 4. The molecule has 0 aliphatic heterocycles. The van der Waals surface area contributed by atoms with Crippen molar-refractivity contribution in [1.29, 1.82) is 0 Å². The number of esters is 1. The summed E-state index contributed by atoms with van der Waals surface area (Å²) in [5.74, 6) is -4.17. The third-order valence-corrected chi connectivity index (χ3v) is 5.67. The molecule has 0 saturated carbocycles. The van der Waals surface area contributed by atoms with E-state index in [-0.39, 0.29) is 22.3 Å². The first-order valence-corrected chi connectivity index (χ1v) is 10.7. The first-order chi connectivity index (χ1) is 15.8. The highest BCUT2D eigenvalue weighted by molar-refractivity contribution is 7.19. The fourth-order valence-corrected chi connectivity index (χ4v) is 3.92. The number of hydrogen-bond acceptors (Lipinski definition) is 7. The van der Waals surface area contributed by atoms with Crippen LogP contribution in [0.25, 0.3) is 10.4 Å². The van der Waals surface area contributed by atoms with E-state index in [0.717, 1.165) is 6.07 Å². The molecule has 178 valence electrons. The zero-order chi connectivity index (χ0) is 25.2. The number of pyridine rings is 1. The number of anilines is 2. The molecule has 2 aromatic heterocycles. The second-order valence-electron chi connectivity index (χ2n) is 7.02. The van der Waals surface area contributed by atoms with Crippen LogP contribution in [0, 0.1) is 13.8 Å². The number of hydrogen-bond donors (Lipinski definition) is 2. The Bertz CT molecular complexity index is 1290. The highest BCUT2D eigenvalue weighted by Gasteiger charge is 2.42. The summed E-state index contributed by atoms with van der Waals surface area (Å²) in [6, 6.07) is 5.34. The van der Waals surface area contributed by atoms with Gasteiger partial charge in [-0.15, -0.1) is 0 Å².